The number of halogens is 1. The average Bonchev–Trinajstić information content (AvgIpc) is 2.92. The van der Waals surface area contributed by atoms with Crippen LogP contribution in [0.2, 0.25) is 5.02 Å². The third-order valence-electron chi connectivity index (χ3n) is 5.94. The van der Waals surface area contributed by atoms with Crippen molar-refractivity contribution in [3.63, 3.8) is 0 Å². The molecule has 5 heteroatoms. The first-order valence-electron chi connectivity index (χ1n) is 9.79. The number of fused-ring (bicyclic) bond motifs is 1. The molecular formula is C22H26ClN3O. The van der Waals surface area contributed by atoms with Crippen LogP contribution in [0.5, 0.6) is 0 Å². The summed E-state index contributed by atoms with van der Waals surface area (Å²) in [5.74, 6) is -0.378. The molecule has 2 aromatic carbocycles. The van der Waals surface area contributed by atoms with Crippen molar-refractivity contribution in [1.82, 2.24) is 4.90 Å². The van der Waals surface area contributed by atoms with E-state index in [-0.39, 0.29) is 5.91 Å². The molecule has 27 heavy (non-hydrogen) atoms. The Hall–Kier alpha value is -2.04. The topological polar surface area (TPSA) is 49.6 Å². The third kappa shape index (κ3) is 3.83. The Balaban J connectivity index is 1.46. The van der Waals surface area contributed by atoms with Gasteiger partial charge in [0.1, 0.15) is 0 Å². The number of hydrogen-bond acceptors (Lipinski definition) is 3. The molecule has 0 bridgehead atoms. The largest absolute Gasteiger partial charge is 0.369 e. The van der Waals surface area contributed by atoms with Gasteiger partial charge in [0.15, 0.2) is 0 Å². The maximum atomic E-state index is 11.3. The van der Waals surface area contributed by atoms with Crippen molar-refractivity contribution < 1.29 is 4.79 Å². The van der Waals surface area contributed by atoms with E-state index < -0.39 is 0 Å². The molecule has 1 unspecified atom stereocenters. The Bertz CT molecular complexity index is 813. The zero-order valence-corrected chi connectivity index (χ0v) is 16.3. The molecule has 0 aromatic heterocycles. The Labute approximate surface area is 165 Å². The quantitative estimate of drug-likeness (QED) is 0.814. The first-order valence-corrected chi connectivity index (χ1v) is 10.2. The normalized spacial score (nSPS) is 20.8. The number of carbonyl (C=O) groups excluding carboxylic acids is 1. The van der Waals surface area contributed by atoms with Gasteiger partial charge in [0.2, 0.25) is 5.91 Å². The molecule has 1 heterocycles. The minimum atomic E-state index is -0.378. The maximum absolute atomic E-state index is 11.3. The molecule has 0 spiro atoms. The Morgan fingerprint density at radius 2 is 1.74 bits per heavy atom. The van der Waals surface area contributed by atoms with Gasteiger partial charge >= 0.3 is 0 Å². The number of carbonyl (C=O) groups is 1. The summed E-state index contributed by atoms with van der Waals surface area (Å²) < 4.78 is 0. The van der Waals surface area contributed by atoms with E-state index in [0.717, 1.165) is 43.3 Å². The molecular weight excluding hydrogens is 358 g/mol. The third-order valence-corrected chi connectivity index (χ3v) is 6.29. The maximum Gasteiger partial charge on any atom is 0.248 e. The Kier molecular flexibility index (Phi) is 5.37. The van der Waals surface area contributed by atoms with Gasteiger partial charge in [-0.25, -0.2) is 0 Å². The summed E-state index contributed by atoms with van der Waals surface area (Å²) in [5.41, 5.74) is 9.84. The SMILES string of the molecule is NC(=O)c1ccc(N2CCN(C3CCCCc4c(Cl)cccc43)CC2)cc1. The van der Waals surface area contributed by atoms with Crippen molar-refractivity contribution in [3.05, 3.63) is 64.2 Å². The van der Waals surface area contributed by atoms with Crippen LogP contribution < -0.4 is 10.6 Å². The molecule has 1 aliphatic carbocycles. The van der Waals surface area contributed by atoms with Gasteiger partial charge in [0.25, 0.3) is 0 Å². The molecule has 2 aromatic rings. The summed E-state index contributed by atoms with van der Waals surface area (Å²) in [6.07, 6.45) is 4.78. The molecule has 4 nitrogen and oxygen atoms in total. The second-order valence-electron chi connectivity index (χ2n) is 7.50. The van der Waals surface area contributed by atoms with Crippen LogP contribution in [0, 0.1) is 0 Å². The van der Waals surface area contributed by atoms with Gasteiger partial charge in [-0.05, 0) is 60.7 Å². The van der Waals surface area contributed by atoms with Crippen molar-refractivity contribution in [2.45, 2.75) is 31.7 Å². The number of benzene rings is 2. The zero-order valence-electron chi connectivity index (χ0n) is 15.5. The standard InChI is InChI=1S/C22H26ClN3O/c23-20-6-3-5-19-18(20)4-1-2-7-21(19)26-14-12-25(13-15-26)17-10-8-16(9-11-17)22(24)27/h3,5-6,8-11,21H,1-2,4,7,12-15H2,(H2,24,27). The van der Waals surface area contributed by atoms with Crippen molar-refractivity contribution in [2.75, 3.05) is 31.1 Å². The van der Waals surface area contributed by atoms with Crippen molar-refractivity contribution >= 4 is 23.2 Å². The van der Waals surface area contributed by atoms with Gasteiger partial charge in [-0.15, -0.1) is 0 Å². The van der Waals surface area contributed by atoms with Crippen molar-refractivity contribution in [2.24, 2.45) is 5.73 Å². The lowest BCUT2D eigenvalue weighted by molar-refractivity contribution is 0.100. The smallest absolute Gasteiger partial charge is 0.248 e. The van der Waals surface area contributed by atoms with E-state index in [2.05, 4.69) is 21.9 Å². The first kappa shape index (κ1) is 18.3. The van der Waals surface area contributed by atoms with E-state index in [4.69, 9.17) is 17.3 Å². The van der Waals surface area contributed by atoms with E-state index in [1.165, 1.54) is 30.4 Å². The number of nitrogens with zero attached hydrogens (tertiary/aromatic N) is 2. The number of anilines is 1. The second-order valence-corrected chi connectivity index (χ2v) is 7.91. The summed E-state index contributed by atoms with van der Waals surface area (Å²) in [4.78, 5) is 16.3. The molecule has 142 valence electrons. The summed E-state index contributed by atoms with van der Waals surface area (Å²) in [7, 11) is 0. The molecule has 2 N–H and O–H groups in total. The van der Waals surface area contributed by atoms with Gasteiger partial charge in [0.05, 0.1) is 0 Å². The lowest BCUT2D eigenvalue weighted by Gasteiger charge is -2.40. The van der Waals surface area contributed by atoms with Gasteiger partial charge < -0.3 is 10.6 Å². The van der Waals surface area contributed by atoms with Crippen molar-refractivity contribution in [1.29, 1.82) is 0 Å². The molecule has 0 radical (unpaired) electrons. The number of hydrogen-bond donors (Lipinski definition) is 1. The molecule has 1 amide bonds. The van der Waals surface area contributed by atoms with Crippen LogP contribution in [0.1, 0.15) is 46.8 Å². The molecule has 1 atom stereocenters. The number of nitrogens with two attached hydrogens (primary N) is 1. The molecule has 0 saturated carbocycles. The second kappa shape index (κ2) is 7.91. The fourth-order valence-electron chi connectivity index (χ4n) is 4.45. The lowest BCUT2D eigenvalue weighted by atomic mass is 9.97. The summed E-state index contributed by atoms with van der Waals surface area (Å²) >= 11 is 6.50. The van der Waals surface area contributed by atoms with Crippen LogP contribution in [0.4, 0.5) is 5.69 Å². The molecule has 1 saturated heterocycles. The number of primary amides is 1. The lowest BCUT2D eigenvalue weighted by Crippen LogP contribution is -2.47. The van der Waals surface area contributed by atoms with Crippen LogP contribution in [-0.2, 0) is 6.42 Å². The Morgan fingerprint density at radius 1 is 1.00 bits per heavy atom. The number of amides is 1. The fourth-order valence-corrected chi connectivity index (χ4v) is 4.73. The molecule has 2 aliphatic rings. The average molecular weight is 384 g/mol. The van der Waals surface area contributed by atoms with E-state index in [9.17, 15) is 4.79 Å². The van der Waals surface area contributed by atoms with Gasteiger partial charge in [-0.2, -0.15) is 0 Å². The predicted molar refractivity (Wildman–Crippen MR) is 110 cm³/mol. The first-order chi connectivity index (χ1) is 13.1. The summed E-state index contributed by atoms with van der Waals surface area (Å²) in [5, 5.41) is 0.924. The monoisotopic (exact) mass is 383 g/mol. The van der Waals surface area contributed by atoms with Gasteiger partial charge in [0, 0.05) is 48.5 Å². The highest BCUT2D eigenvalue weighted by atomic mass is 35.5. The van der Waals surface area contributed by atoms with Crippen molar-refractivity contribution in [3.8, 4) is 0 Å². The fraction of sp³-hybridized carbons (Fsp3) is 0.409. The van der Waals surface area contributed by atoms with E-state index >= 15 is 0 Å². The number of rotatable bonds is 3. The van der Waals surface area contributed by atoms with E-state index in [1.807, 2.05) is 30.3 Å². The highest BCUT2D eigenvalue weighted by Gasteiger charge is 2.28. The van der Waals surface area contributed by atoms with E-state index in [1.54, 1.807) is 0 Å². The van der Waals surface area contributed by atoms with Crippen LogP contribution in [0.25, 0.3) is 0 Å². The summed E-state index contributed by atoms with van der Waals surface area (Å²) in [6, 6.07) is 14.5. The minimum absolute atomic E-state index is 0.378. The van der Waals surface area contributed by atoms with Crippen LogP contribution >= 0.6 is 11.6 Å². The highest BCUT2D eigenvalue weighted by Crippen LogP contribution is 2.37. The minimum Gasteiger partial charge on any atom is -0.369 e. The number of piperazine rings is 1. The van der Waals surface area contributed by atoms with Gasteiger partial charge in [-0.1, -0.05) is 30.2 Å². The van der Waals surface area contributed by atoms with E-state index in [0.29, 0.717) is 11.6 Å². The van der Waals surface area contributed by atoms with Gasteiger partial charge in [-0.3, -0.25) is 9.69 Å². The molecule has 1 aliphatic heterocycles. The molecule has 1 fully saturated rings. The van der Waals surface area contributed by atoms with Crippen LogP contribution in [0.3, 0.4) is 0 Å². The summed E-state index contributed by atoms with van der Waals surface area (Å²) in [6.45, 7) is 4.05. The molecule has 4 rings (SSSR count). The van der Waals surface area contributed by atoms with Crippen LogP contribution in [0.15, 0.2) is 42.5 Å². The van der Waals surface area contributed by atoms with Crippen LogP contribution in [-0.4, -0.2) is 37.0 Å². The highest BCUT2D eigenvalue weighted by molar-refractivity contribution is 6.31. The zero-order chi connectivity index (χ0) is 18.8. The Morgan fingerprint density at radius 3 is 2.44 bits per heavy atom. The predicted octanol–water partition coefficient (Wildman–Crippen LogP) is 4.03.